The number of methoxy groups -OCH3 is 1. The monoisotopic (exact) mass is 470 g/mol. The largest absolute Gasteiger partial charge is 0.543 e. The standard InChI is InChI=1S/C28H42O4Si/c1-20-12-10-14-21(2)16-24(29)23-17-27(31-19-22(3)15-11-13-20)26(30-7)18-25(23)32-33(8,9)28(4,5)6/h12,15-18H,10-11,13-14,19H2,1-9H3/b20-12-,21-16-,22-15-. The first-order valence-corrected chi connectivity index (χ1v) is 14.8. The minimum atomic E-state index is -2.17. The Labute approximate surface area is 201 Å². The second kappa shape index (κ2) is 11.2. The van der Waals surface area contributed by atoms with Gasteiger partial charge >= 0.3 is 0 Å². The Balaban J connectivity index is 2.57. The zero-order valence-electron chi connectivity index (χ0n) is 22.1. The molecule has 1 aliphatic heterocycles. The molecule has 1 heterocycles. The first kappa shape index (κ1) is 27.0. The van der Waals surface area contributed by atoms with E-state index in [-0.39, 0.29) is 10.8 Å². The Hall–Kier alpha value is -2.27. The summed E-state index contributed by atoms with van der Waals surface area (Å²) in [5, 5.41) is 0.00133. The quantitative estimate of drug-likeness (QED) is 0.331. The average molecular weight is 471 g/mol. The minimum Gasteiger partial charge on any atom is -0.543 e. The number of ketones is 1. The van der Waals surface area contributed by atoms with E-state index in [9.17, 15) is 4.79 Å². The topological polar surface area (TPSA) is 44.8 Å². The molecule has 1 aliphatic rings. The van der Waals surface area contributed by atoms with Crippen molar-refractivity contribution in [3.05, 3.63) is 52.6 Å². The second-order valence-electron chi connectivity index (χ2n) is 10.7. The van der Waals surface area contributed by atoms with Crippen molar-refractivity contribution in [1.82, 2.24) is 0 Å². The Morgan fingerprint density at radius 2 is 1.52 bits per heavy atom. The number of hydrogen-bond donors (Lipinski definition) is 0. The Bertz CT molecular complexity index is 945. The van der Waals surface area contributed by atoms with E-state index in [2.05, 4.69) is 59.9 Å². The van der Waals surface area contributed by atoms with Crippen LogP contribution in [0.4, 0.5) is 0 Å². The third-order valence-corrected chi connectivity index (χ3v) is 10.9. The fourth-order valence-corrected chi connectivity index (χ4v) is 4.36. The number of carbonyl (C=O) groups is 1. The molecule has 4 nitrogen and oxygen atoms in total. The molecule has 182 valence electrons. The third-order valence-electron chi connectivity index (χ3n) is 6.60. The van der Waals surface area contributed by atoms with Crippen LogP contribution in [0.15, 0.2) is 47.1 Å². The van der Waals surface area contributed by atoms with E-state index in [0.717, 1.165) is 36.8 Å². The lowest BCUT2D eigenvalue weighted by atomic mass is 10.0. The smallest absolute Gasteiger partial charge is 0.250 e. The Morgan fingerprint density at radius 3 is 2.12 bits per heavy atom. The van der Waals surface area contributed by atoms with Gasteiger partial charge in [-0.25, -0.2) is 0 Å². The van der Waals surface area contributed by atoms with E-state index in [1.165, 1.54) is 5.57 Å². The molecule has 0 amide bonds. The average Bonchev–Trinajstić information content (AvgIpc) is 2.70. The molecule has 1 aromatic carbocycles. The molecule has 0 aliphatic carbocycles. The minimum absolute atomic E-state index is 0.00133. The van der Waals surface area contributed by atoms with Crippen molar-refractivity contribution in [3.8, 4) is 17.2 Å². The molecule has 0 atom stereocenters. The predicted octanol–water partition coefficient (Wildman–Crippen LogP) is 8.05. The number of hydrogen-bond acceptors (Lipinski definition) is 4. The molecular formula is C28H42O4Si. The van der Waals surface area contributed by atoms with E-state index in [0.29, 0.717) is 29.4 Å². The zero-order valence-corrected chi connectivity index (χ0v) is 23.1. The summed E-state index contributed by atoms with van der Waals surface area (Å²) in [6.07, 6.45) is 10.1. The van der Waals surface area contributed by atoms with Crippen LogP contribution in [0.3, 0.4) is 0 Å². The number of ether oxygens (including phenoxy) is 2. The van der Waals surface area contributed by atoms with Crippen molar-refractivity contribution in [2.45, 2.75) is 85.4 Å². The van der Waals surface area contributed by atoms with E-state index in [1.54, 1.807) is 19.3 Å². The lowest BCUT2D eigenvalue weighted by Gasteiger charge is -2.37. The lowest BCUT2D eigenvalue weighted by molar-refractivity contribution is 0.104. The van der Waals surface area contributed by atoms with Crippen LogP contribution in [0.1, 0.15) is 77.6 Å². The van der Waals surface area contributed by atoms with E-state index < -0.39 is 8.32 Å². The summed E-state index contributed by atoms with van der Waals surface area (Å²) < 4.78 is 18.3. The predicted molar refractivity (Wildman–Crippen MR) is 140 cm³/mol. The van der Waals surface area contributed by atoms with E-state index in [4.69, 9.17) is 13.9 Å². The van der Waals surface area contributed by atoms with Crippen LogP contribution in [0.5, 0.6) is 17.2 Å². The summed E-state index contributed by atoms with van der Waals surface area (Å²) in [7, 11) is -0.552. The van der Waals surface area contributed by atoms with Gasteiger partial charge in [0, 0.05) is 6.07 Å². The van der Waals surface area contributed by atoms with Gasteiger partial charge in [0.2, 0.25) is 0 Å². The third kappa shape index (κ3) is 7.63. The van der Waals surface area contributed by atoms with Gasteiger partial charge in [-0.05, 0) is 82.3 Å². The fraction of sp³-hybridized carbons (Fsp3) is 0.536. The highest BCUT2D eigenvalue weighted by Crippen LogP contribution is 2.42. The SMILES string of the molecule is COc1cc(O[Si](C)(C)C(C)(C)C)c2cc1OC/C(C)=C\CC/C(C)=C\CC/C(C)=C\C2=O. The molecule has 0 saturated carbocycles. The summed E-state index contributed by atoms with van der Waals surface area (Å²) in [4.78, 5) is 13.4. The molecule has 2 bridgehead atoms. The van der Waals surface area contributed by atoms with Crippen molar-refractivity contribution in [3.63, 3.8) is 0 Å². The molecule has 1 aromatic rings. The van der Waals surface area contributed by atoms with Gasteiger partial charge in [-0.3, -0.25) is 4.79 Å². The zero-order chi connectivity index (χ0) is 24.8. The van der Waals surface area contributed by atoms with E-state index >= 15 is 0 Å². The van der Waals surface area contributed by atoms with Crippen LogP contribution in [-0.4, -0.2) is 27.8 Å². The normalized spacial score (nSPS) is 21.6. The number of rotatable bonds is 3. The first-order chi connectivity index (χ1) is 15.3. The van der Waals surface area contributed by atoms with Crippen LogP contribution in [0, 0.1) is 0 Å². The highest BCUT2D eigenvalue weighted by Gasteiger charge is 2.40. The van der Waals surface area contributed by atoms with Crippen molar-refractivity contribution >= 4 is 14.1 Å². The molecule has 0 unspecified atom stereocenters. The van der Waals surface area contributed by atoms with Gasteiger partial charge in [0.15, 0.2) is 17.3 Å². The molecule has 0 spiro atoms. The molecule has 2 rings (SSSR count). The maximum atomic E-state index is 13.4. The van der Waals surface area contributed by atoms with Gasteiger partial charge in [-0.1, -0.05) is 44.1 Å². The Kier molecular flexibility index (Phi) is 9.18. The maximum absolute atomic E-state index is 13.4. The van der Waals surface area contributed by atoms with Gasteiger partial charge in [0.25, 0.3) is 8.32 Å². The van der Waals surface area contributed by atoms with Crippen LogP contribution in [0.25, 0.3) is 0 Å². The lowest BCUT2D eigenvalue weighted by Crippen LogP contribution is -2.44. The second-order valence-corrected chi connectivity index (χ2v) is 15.4. The van der Waals surface area contributed by atoms with Crippen molar-refractivity contribution in [2.24, 2.45) is 0 Å². The van der Waals surface area contributed by atoms with Gasteiger partial charge in [-0.15, -0.1) is 0 Å². The molecular weight excluding hydrogens is 428 g/mol. The van der Waals surface area contributed by atoms with Crippen molar-refractivity contribution in [2.75, 3.05) is 13.7 Å². The molecule has 0 aromatic heterocycles. The van der Waals surface area contributed by atoms with Crippen LogP contribution in [0.2, 0.25) is 18.1 Å². The summed E-state index contributed by atoms with van der Waals surface area (Å²) in [5.41, 5.74) is 4.11. The van der Waals surface area contributed by atoms with Crippen LogP contribution >= 0.6 is 0 Å². The summed E-state index contributed by atoms with van der Waals surface area (Å²) in [5.74, 6) is 1.65. The molecule has 33 heavy (non-hydrogen) atoms. The van der Waals surface area contributed by atoms with Gasteiger partial charge in [0.1, 0.15) is 12.4 Å². The van der Waals surface area contributed by atoms with Gasteiger partial charge in [0.05, 0.1) is 12.7 Å². The number of allylic oxidation sites excluding steroid dienone is 5. The summed E-state index contributed by atoms with van der Waals surface area (Å²) >= 11 is 0. The highest BCUT2D eigenvalue weighted by atomic mass is 28.4. The number of benzene rings is 1. The van der Waals surface area contributed by atoms with Crippen LogP contribution in [-0.2, 0) is 0 Å². The molecule has 0 saturated heterocycles. The Morgan fingerprint density at radius 1 is 0.909 bits per heavy atom. The van der Waals surface area contributed by atoms with Gasteiger partial charge in [-0.2, -0.15) is 0 Å². The summed E-state index contributed by atoms with van der Waals surface area (Å²) in [6.45, 7) is 17.6. The number of fused-ring (bicyclic) bond motifs is 2. The molecule has 0 radical (unpaired) electrons. The molecule has 0 N–H and O–H groups in total. The molecule has 0 fully saturated rings. The molecule has 5 heteroatoms. The fourth-order valence-electron chi connectivity index (χ4n) is 3.34. The number of carbonyl (C=O) groups excluding carboxylic acids is 1. The van der Waals surface area contributed by atoms with Crippen LogP contribution < -0.4 is 13.9 Å². The van der Waals surface area contributed by atoms with Gasteiger partial charge < -0.3 is 13.9 Å². The summed E-state index contributed by atoms with van der Waals surface area (Å²) in [6, 6.07) is 3.61. The van der Waals surface area contributed by atoms with Crippen molar-refractivity contribution < 1.29 is 18.7 Å². The van der Waals surface area contributed by atoms with E-state index in [1.807, 2.05) is 13.0 Å². The first-order valence-electron chi connectivity index (χ1n) is 11.9. The van der Waals surface area contributed by atoms with Crippen molar-refractivity contribution in [1.29, 1.82) is 0 Å². The maximum Gasteiger partial charge on any atom is 0.250 e. The highest BCUT2D eigenvalue weighted by molar-refractivity contribution is 6.74.